The molecule has 20 heavy (non-hydrogen) atoms. The molecule has 0 aromatic heterocycles. The third-order valence-corrected chi connectivity index (χ3v) is 2.93. The Bertz CT molecular complexity index is 446. The molecule has 0 radical (unpaired) electrons. The molecule has 1 saturated heterocycles. The van der Waals surface area contributed by atoms with Crippen LogP contribution < -0.4 is 10.6 Å². The minimum absolute atomic E-state index is 0.139. The number of aliphatic carboxylic acids is 1. The van der Waals surface area contributed by atoms with E-state index in [9.17, 15) is 19.2 Å². The van der Waals surface area contributed by atoms with Crippen molar-refractivity contribution in [3.63, 3.8) is 0 Å². The zero-order chi connectivity index (χ0) is 15.1. The molecule has 8 nitrogen and oxygen atoms in total. The lowest BCUT2D eigenvalue weighted by molar-refractivity contribution is -0.131. The van der Waals surface area contributed by atoms with Crippen LogP contribution in [-0.4, -0.2) is 54.0 Å². The van der Waals surface area contributed by atoms with E-state index >= 15 is 0 Å². The lowest BCUT2D eigenvalue weighted by Gasteiger charge is -2.31. The second-order valence-corrected chi connectivity index (χ2v) is 4.37. The highest BCUT2D eigenvalue weighted by atomic mass is 16.4. The molecule has 0 saturated carbocycles. The van der Waals surface area contributed by atoms with E-state index in [0.717, 1.165) is 6.08 Å². The number of piperidine rings is 1. The van der Waals surface area contributed by atoms with Crippen molar-refractivity contribution in [2.24, 2.45) is 5.92 Å². The van der Waals surface area contributed by atoms with Crippen LogP contribution >= 0.6 is 0 Å². The number of hydrogen-bond donors (Lipinski definition) is 3. The highest BCUT2D eigenvalue weighted by Crippen LogP contribution is 2.16. The lowest BCUT2D eigenvalue weighted by atomic mass is 9.97. The molecule has 1 heterocycles. The summed E-state index contributed by atoms with van der Waals surface area (Å²) in [5, 5.41) is 12.9. The Morgan fingerprint density at radius 2 is 1.95 bits per heavy atom. The molecule has 4 amide bonds. The highest BCUT2D eigenvalue weighted by molar-refractivity contribution is 6.02. The Labute approximate surface area is 115 Å². The number of carboxylic acids is 1. The number of amides is 4. The summed E-state index contributed by atoms with van der Waals surface area (Å²) in [6.07, 6.45) is 2.77. The van der Waals surface area contributed by atoms with Crippen LogP contribution in [0, 0.1) is 5.92 Å². The maximum Gasteiger partial charge on any atom is 0.328 e. The van der Waals surface area contributed by atoms with Crippen molar-refractivity contribution in [2.45, 2.75) is 12.8 Å². The molecule has 1 unspecified atom stereocenters. The van der Waals surface area contributed by atoms with Crippen molar-refractivity contribution in [1.82, 2.24) is 15.5 Å². The number of carbonyl (C=O) groups is 4. The van der Waals surface area contributed by atoms with E-state index in [4.69, 9.17) is 5.11 Å². The summed E-state index contributed by atoms with van der Waals surface area (Å²) >= 11 is 0. The summed E-state index contributed by atoms with van der Waals surface area (Å²) in [5.41, 5.74) is 0. The lowest BCUT2D eigenvalue weighted by Crippen LogP contribution is -2.49. The van der Waals surface area contributed by atoms with E-state index in [2.05, 4.69) is 5.32 Å². The van der Waals surface area contributed by atoms with Crippen molar-refractivity contribution in [2.75, 3.05) is 20.1 Å². The van der Waals surface area contributed by atoms with Gasteiger partial charge in [-0.25, -0.2) is 9.59 Å². The predicted octanol–water partition coefficient (Wildman–Crippen LogP) is -0.679. The molecule has 0 aliphatic carbocycles. The van der Waals surface area contributed by atoms with Gasteiger partial charge in [0.15, 0.2) is 0 Å². The molecule has 0 aromatic rings. The zero-order valence-corrected chi connectivity index (χ0v) is 11.1. The fraction of sp³-hybridized carbons (Fsp3) is 0.500. The van der Waals surface area contributed by atoms with Gasteiger partial charge < -0.3 is 15.3 Å². The third-order valence-electron chi connectivity index (χ3n) is 2.93. The van der Waals surface area contributed by atoms with Gasteiger partial charge in [0, 0.05) is 32.3 Å². The molecule has 110 valence electrons. The van der Waals surface area contributed by atoms with E-state index < -0.39 is 17.9 Å². The Balaban J connectivity index is 2.52. The topological polar surface area (TPSA) is 116 Å². The molecule has 8 heteroatoms. The standard InChI is InChI=1S/C12H17N3O5/c1-13-11(19)8-3-2-6-15(7-8)12(20)14-9(16)4-5-10(17)18/h4-5,8H,2-3,6-7H2,1H3,(H,13,19)(H,17,18)(H,14,16,20)/b5-4+. The van der Waals surface area contributed by atoms with Crippen molar-refractivity contribution >= 4 is 23.8 Å². The predicted molar refractivity (Wildman–Crippen MR) is 68.7 cm³/mol. The van der Waals surface area contributed by atoms with E-state index in [1.54, 1.807) is 0 Å². The van der Waals surface area contributed by atoms with E-state index in [0.29, 0.717) is 25.5 Å². The maximum atomic E-state index is 11.8. The smallest absolute Gasteiger partial charge is 0.328 e. The Morgan fingerprint density at radius 3 is 2.55 bits per heavy atom. The van der Waals surface area contributed by atoms with Crippen molar-refractivity contribution < 1.29 is 24.3 Å². The summed E-state index contributed by atoms with van der Waals surface area (Å²) in [4.78, 5) is 46.2. The van der Waals surface area contributed by atoms with Crippen LogP contribution in [0.4, 0.5) is 4.79 Å². The first kappa shape index (κ1) is 15.7. The molecule has 0 spiro atoms. The number of carboxylic acid groups (broad SMARTS) is 1. The number of urea groups is 1. The van der Waals surface area contributed by atoms with Crippen molar-refractivity contribution in [1.29, 1.82) is 0 Å². The number of nitrogens with one attached hydrogen (secondary N) is 2. The van der Waals surface area contributed by atoms with Gasteiger partial charge in [-0.2, -0.15) is 0 Å². The van der Waals surface area contributed by atoms with Gasteiger partial charge in [-0.3, -0.25) is 14.9 Å². The van der Waals surface area contributed by atoms with Gasteiger partial charge in [-0.05, 0) is 12.8 Å². The number of hydrogen-bond acceptors (Lipinski definition) is 4. The first-order chi connectivity index (χ1) is 9.43. The van der Waals surface area contributed by atoms with E-state index in [-0.39, 0.29) is 18.4 Å². The normalized spacial score (nSPS) is 18.6. The molecule has 1 rings (SSSR count). The molecule has 0 bridgehead atoms. The molecule has 1 aliphatic heterocycles. The molecule has 0 aromatic carbocycles. The average Bonchev–Trinajstić information content (AvgIpc) is 2.44. The largest absolute Gasteiger partial charge is 0.478 e. The van der Waals surface area contributed by atoms with Crippen LogP contribution in [0.3, 0.4) is 0 Å². The van der Waals surface area contributed by atoms with Crippen molar-refractivity contribution in [3.05, 3.63) is 12.2 Å². The first-order valence-corrected chi connectivity index (χ1v) is 6.16. The van der Waals surface area contributed by atoms with Crippen LogP contribution in [0.5, 0.6) is 0 Å². The fourth-order valence-electron chi connectivity index (χ4n) is 1.95. The van der Waals surface area contributed by atoms with Gasteiger partial charge in [-0.15, -0.1) is 0 Å². The molecular weight excluding hydrogens is 266 g/mol. The second-order valence-electron chi connectivity index (χ2n) is 4.37. The van der Waals surface area contributed by atoms with E-state index in [1.807, 2.05) is 5.32 Å². The molecule has 1 atom stereocenters. The van der Waals surface area contributed by atoms with Gasteiger partial charge in [0.05, 0.1) is 5.92 Å². The number of imide groups is 1. The summed E-state index contributed by atoms with van der Waals surface area (Å²) < 4.78 is 0. The van der Waals surface area contributed by atoms with Crippen LogP contribution in [0.25, 0.3) is 0 Å². The highest BCUT2D eigenvalue weighted by Gasteiger charge is 2.28. The second kappa shape index (κ2) is 7.27. The van der Waals surface area contributed by atoms with Crippen LogP contribution in [0.15, 0.2) is 12.2 Å². The molecule has 1 fully saturated rings. The third kappa shape index (κ3) is 4.71. The number of nitrogens with zero attached hydrogens (tertiary/aromatic N) is 1. The zero-order valence-electron chi connectivity index (χ0n) is 11.1. The first-order valence-electron chi connectivity index (χ1n) is 6.16. The van der Waals surface area contributed by atoms with Gasteiger partial charge in [-0.1, -0.05) is 0 Å². The molecule has 1 aliphatic rings. The maximum absolute atomic E-state index is 11.8. The van der Waals surface area contributed by atoms with Crippen LogP contribution in [0.2, 0.25) is 0 Å². The molecule has 3 N–H and O–H groups in total. The number of carbonyl (C=O) groups excluding carboxylic acids is 3. The van der Waals surface area contributed by atoms with Crippen LogP contribution in [-0.2, 0) is 14.4 Å². The minimum atomic E-state index is -1.27. The number of rotatable bonds is 3. The molecular formula is C12H17N3O5. The average molecular weight is 283 g/mol. The summed E-state index contributed by atoms with van der Waals surface area (Å²) in [5.74, 6) is -2.51. The Morgan fingerprint density at radius 1 is 1.25 bits per heavy atom. The summed E-state index contributed by atoms with van der Waals surface area (Å²) in [6, 6.07) is -0.626. The Kier molecular flexibility index (Phi) is 5.70. The summed E-state index contributed by atoms with van der Waals surface area (Å²) in [6.45, 7) is 0.691. The quantitative estimate of drug-likeness (QED) is 0.594. The van der Waals surface area contributed by atoms with E-state index in [1.165, 1.54) is 11.9 Å². The SMILES string of the molecule is CNC(=O)C1CCCN(C(=O)NC(=O)/C=C/C(=O)O)C1. The van der Waals surface area contributed by atoms with Crippen LogP contribution in [0.1, 0.15) is 12.8 Å². The van der Waals surface area contributed by atoms with Gasteiger partial charge in [0.2, 0.25) is 5.91 Å². The number of likely N-dealkylation sites (tertiary alicyclic amines) is 1. The monoisotopic (exact) mass is 283 g/mol. The van der Waals surface area contributed by atoms with Crippen molar-refractivity contribution in [3.8, 4) is 0 Å². The summed E-state index contributed by atoms with van der Waals surface area (Å²) in [7, 11) is 1.53. The Hall–Kier alpha value is -2.38. The van der Waals surface area contributed by atoms with Gasteiger partial charge >= 0.3 is 12.0 Å². The van der Waals surface area contributed by atoms with Gasteiger partial charge in [0.1, 0.15) is 0 Å². The van der Waals surface area contributed by atoms with Gasteiger partial charge in [0.25, 0.3) is 5.91 Å². The fourth-order valence-corrected chi connectivity index (χ4v) is 1.95. The minimum Gasteiger partial charge on any atom is -0.478 e.